The quantitative estimate of drug-likeness (QED) is 0.346. The number of amides is 1. The van der Waals surface area contributed by atoms with E-state index in [1.807, 2.05) is 48.5 Å². The van der Waals surface area contributed by atoms with Crippen molar-refractivity contribution in [2.45, 2.75) is 6.92 Å². The number of para-hydroxylation sites is 2. The molecule has 4 aromatic rings. The Bertz CT molecular complexity index is 1320. The lowest BCUT2D eigenvalue weighted by Gasteiger charge is -2.14. The Morgan fingerprint density at radius 1 is 0.906 bits per heavy atom. The lowest BCUT2D eigenvalue weighted by Crippen LogP contribution is -2.30. The lowest BCUT2D eigenvalue weighted by atomic mass is 10.1. The van der Waals surface area contributed by atoms with E-state index in [0.29, 0.717) is 5.69 Å². The van der Waals surface area contributed by atoms with Crippen LogP contribution in [0.5, 0.6) is 0 Å². The molecule has 0 saturated carbocycles. The molecule has 1 atom stereocenters. The second-order valence-electron chi connectivity index (χ2n) is 7.41. The highest BCUT2D eigenvalue weighted by Crippen LogP contribution is 2.33. The van der Waals surface area contributed by atoms with E-state index in [4.69, 9.17) is 10.7 Å². The third-order valence-electron chi connectivity index (χ3n) is 4.97. The maximum atomic E-state index is 12.2. The summed E-state index contributed by atoms with van der Waals surface area (Å²) in [6.07, 6.45) is 0. The zero-order valence-corrected chi connectivity index (χ0v) is 18.9. The number of primary amides is 1. The van der Waals surface area contributed by atoms with Crippen molar-refractivity contribution in [3.05, 3.63) is 72.8 Å². The summed E-state index contributed by atoms with van der Waals surface area (Å²) in [4.78, 5) is 15.9. The van der Waals surface area contributed by atoms with Crippen LogP contribution in [-0.2, 0) is 14.8 Å². The smallest absolute Gasteiger partial charge is 0.233 e. The van der Waals surface area contributed by atoms with E-state index in [9.17, 15) is 13.2 Å². The van der Waals surface area contributed by atoms with Crippen LogP contribution in [0.3, 0.4) is 0 Å². The topological polar surface area (TPSA) is 114 Å². The highest BCUT2D eigenvalue weighted by molar-refractivity contribution is 7.92. The van der Waals surface area contributed by atoms with E-state index < -0.39 is 21.8 Å². The van der Waals surface area contributed by atoms with E-state index in [-0.39, 0.29) is 18.2 Å². The fraction of sp³-hybridized carbons (Fsp3) is 0.130. The highest BCUT2D eigenvalue weighted by Gasteiger charge is 2.19. The molecule has 0 saturated heterocycles. The number of hydrogen-bond acceptors (Lipinski definition) is 5. The zero-order valence-electron chi connectivity index (χ0n) is 17.3. The van der Waals surface area contributed by atoms with Crippen molar-refractivity contribution >= 4 is 67.2 Å². The van der Waals surface area contributed by atoms with Gasteiger partial charge in [0.15, 0.2) is 0 Å². The van der Waals surface area contributed by atoms with Gasteiger partial charge in [0.25, 0.3) is 0 Å². The molecule has 1 unspecified atom stereocenters. The maximum absolute atomic E-state index is 12.2. The number of nitrogens with two attached hydrogens (primary N) is 1. The van der Waals surface area contributed by atoms with Crippen LogP contribution in [0, 0.1) is 5.92 Å². The molecule has 32 heavy (non-hydrogen) atoms. The molecule has 3 aromatic carbocycles. The van der Waals surface area contributed by atoms with Crippen molar-refractivity contribution < 1.29 is 13.2 Å². The SMILES string of the molecule is CC(CS(=O)(=O)Nc1ccc(Nc2c3ccccc3nc3ccccc23)cc1)C(N)=O.Cl. The first-order chi connectivity index (χ1) is 14.8. The van der Waals surface area contributed by atoms with Crippen LogP contribution in [0.1, 0.15) is 6.92 Å². The Morgan fingerprint density at radius 3 is 1.94 bits per heavy atom. The Labute approximate surface area is 192 Å². The van der Waals surface area contributed by atoms with Crippen LogP contribution in [-0.4, -0.2) is 25.1 Å². The van der Waals surface area contributed by atoms with Gasteiger partial charge in [-0.3, -0.25) is 9.52 Å². The Morgan fingerprint density at radius 2 is 1.41 bits per heavy atom. The number of aromatic nitrogens is 1. The monoisotopic (exact) mass is 470 g/mol. The number of rotatable bonds is 7. The number of sulfonamides is 1. The number of nitrogens with zero attached hydrogens (tertiary/aromatic N) is 1. The molecular formula is C23H23ClN4O3S. The standard InChI is InChI=1S/C23H22N4O3S.ClH/c1-15(23(24)28)14-31(29,30)27-17-12-10-16(11-13-17)25-22-18-6-2-4-8-20(18)26-21-9-5-3-7-19(21)22;/h2-13,15,27H,14H2,1H3,(H2,24,28)(H,25,26);1H. The van der Waals surface area contributed by atoms with Crippen molar-refractivity contribution in [2.24, 2.45) is 11.7 Å². The van der Waals surface area contributed by atoms with E-state index in [1.165, 1.54) is 6.92 Å². The van der Waals surface area contributed by atoms with Gasteiger partial charge in [0, 0.05) is 22.1 Å². The molecule has 0 aliphatic carbocycles. The van der Waals surface area contributed by atoms with Crippen LogP contribution in [0.4, 0.5) is 17.1 Å². The Hall–Kier alpha value is -3.36. The molecule has 1 heterocycles. The number of carbonyl (C=O) groups excluding carboxylic acids is 1. The molecule has 0 radical (unpaired) electrons. The van der Waals surface area contributed by atoms with Gasteiger partial charge in [-0.05, 0) is 36.4 Å². The normalized spacial score (nSPS) is 12.2. The molecule has 1 aromatic heterocycles. The molecule has 1 amide bonds. The van der Waals surface area contributed by atoms with Gasteiger partial charge in [-0.1, -0.05) is 43.3 Å². The van der Waals surface area contributed by atoms with Gasteiger partial charge >= 0.3 is 0 Å². The average molecular weight is 471 g/mol. The predicted octanol–water partition coefficient (Wildman–Crippen LogP) is 4.42. The highest BCUT2D eigenvalue weighted by atomic mass is 35.5. The van der Waals surface area contributed by atoms with E-state index >= 15 is 0 Å². The molecular weight excluding hydrogens is 448 g/mol. The minimum Gasteiger partial charge on any atom is -0.369 e. The van der Waals surface area contributed by atoms with Crippen LogP contribution in [0.25, 0.3) is 21.8 Å². The Kier molecular flexibility index (Phi) is 6.86. The molecule has 7 nitrogen and oxygen atoms in total. The van der Waals surface area contributed by atoms with Crippen molar-refractivity contribution in [3.8, 4) is 0 Å². The largest absolute Gasteiger partial charge is 0.369 e. The van der Waals surface area contributed by atoms with Crippen molar-refractivity contribution in [2.75, 3.05) is 15.8 Å². The lowest BCUT2D eigenvalue weighted by molar-refractivity contribution is -0.120. The minimum atomic E-state index is -3.69. The van der Waals surface area contributed by atoms with Gasteiger partial charge in [-0.15, -0.1) is 12.4 Å². The minimum absolute atomic E-state index is 0. The first kappa shape index (κ1) is 23.3. The molecule has 0 aliphatic heterocycles. The molecule has 0 aliphatic rings. The molecule has 9 heteroatoms. The first-order valence-electron chi connectivity index (χ1n) is 9.77. The number of anilines is 3. The van der Waals surface area contributed by atoms with E-state index in [0.717, 1.165) is 33.2 Å². The van der Waals surface area contributed by atoms with Crippen molar-refractivity contribution in [1.82, 2.24) is 4.98 Å². The average Bonchev–Trinajstić information content (AvgIpc) is 2.74. The van der Waals surface area contributed by atoms with Gasteiger partial charge in [-0.25, -0.2) is 13.4 Å². The van der Waals surface area contributed by atoms with Crippen LogP contribution >= 0.6 is 12.4 Å². The second kappa shape index (κ2) is 9.42. The van der Waals surface area contributed by atoms with Crippen LogP contribution in [0.2, 0.25) is 0 Å². The number of fused-ring (bicyclic) bond motifs is 2. The van der Waals surface area contributed by atoms with Crippen LogP contribution < -0.4 is 15.8 Å². The molecule has 4 N–H and O–H groups in total. The third kappa shape index (κ3) is 5.09. The summed E-state index contributed by atoms with van der Waals surface area (Å²) < 4.78 is 27.0. The second-order valence-corrected chi connectivity index (χ2v) is 9.18. The molecule has 166 valence electrons. The summed E-state index contributed by atoms with van der Waals surface area (Å²) in [5.74, 6) is -1.79. The third-order valence-corrected chi connectivity index (χ3v) is 6.46. The number of benzene rings is 3. The first-order valence-corrected chi connectivity index (χ1v) is 11.4. The summed E-state index contributed by atoms with van der Waals surface area (Å²) in [5, 5.41) is 5.43. The maximum Gasteiger partial charge on any atom is 0.233 e. The van der Waals surface area contributed by atoms with Gasteiger partial charge in [0.05, 0.1) is 28.4 Å². The predicted molar refractivity (Wildman–Crippen MR) is 132 cm³/mol. The van der Waals surface area contributed by atoms with Gasteiger partial charge in [-0.2, -0.15) is 0 Å². The summed E-state index contributed by atoms with van der Waals surface area (Å²) >= 11 is 0. The van der Waals surface area contributed by atoms with Crippen LogP contribution in [0.15, 0.2) is 72.8 Å². The molecule has 0 bridgehead atoms. The fourth-order valence-corrected chi connectivity index (χ4v) is 4.77. The zero-order chi connectivity index (χ0) is 22.0. The number of carbonyl (C=O) groups is 1. The fourth-order valence-electron chi connectivity index (χ4n) is 3.37. The molecule has 4 rings (SSSR count). The Balaban J connectivity index is 0.00000289. The number of pyridine rings is 1. The summed E-state index contributed by atoms with van der Waals surface area (Å²) in [6, 6.07) is 22.7. The summed E-state index contributed by atoms with van der Waals surface area (Å²) in [5.41, 5.74) is 9.08. The van der Waals surface area contributed by atoms with Gasteiger partial charge in [0.1, 0.15) is 0 Å². The van der Waals surface area contributed by atoms with Gasteiger partial charge in [0.2, 0.25) is 15.9 Å². The van der Waals surface area contributed by atoms with Crippen molar-refractivity contribution in [3.63, 3.8) is 0 Å². The van der Waals surface area contributed by atoms with E-state index in [2.05, 4.69) is 10.0 Å². The summed E-state index contributed by atoms with van der Waals surface area (Å²) in [6.45, 7) is 1.48. The molecule has 0 spiro atoms. The molecule has 0 fully saturated rings. The van der Waals surface area contributed by atoms with Gasteiger partial charge < -0.3 is 11.1 Å². The summed E-state index contributed by atoms with van der Waals surface area (Å²) in [7, 11) is -3.69. The number of hydrogen-bond donors (Lipinski definition) is 3. The number of nitrogens with one attached hydrogen (secondary N) is 2. The number of halogens is 1. The van der Waals surface area contributed by atoms with Crippen molar-refractivity contribution in [1.29, 1.82) is 0 Å². The van der Waals surface area contributed by atoms with E-state index in [1.54, 1.807) is 24.3 Å².